The Hall–Kier alpha value is -3.81. The van der Waals surface area contributed by atoms with Crippen molar-refractivity contribution in [1.29, 1.82) is 0 Å². The number of rotatable bonds is 34. The van der Waals surface area contributed by atoms with E-state index in [0.29, 0.717) is 64.0 Å². The average molecular weight is 757 g/mol. The maximum Gasteiger partial charge on any atom is 0.328 e. The molecule has 0 bridgehead atoms. The van der Waals surface area contributed by atoms with Gasteiger partial charge in [-0.05, 0) is 39.0 Å². The molecule has 1 aromatic heterocycles. The first-order valence-corrected chi connectivity index (χ1v) is 18.3. The van der Waals surface area contributed by atoms with Gasteiger partial charge in [-0.3, -0.25) is 24.0 Å². The number of ether oxygens (including phenoxy) is 4. The van der Waals surface area contributed by atoms with Crippen LogP contribution in [0, 0.1) is 5.92 Å². The van der Waals surface area contributed by atoms with Crippen molar-refractivity contribution in [3.05, 3.63) is 18.2 Å². The van der Waals surface area contributed by atoms with Crippen molar-refractivity contribution in [1.82, 2.24) is 25.9 Å². The topological polar surface area (TPSA) is 271 Å². The molecular formula is C35H60N6O12. The number of aliphatic hydroxyl groups is 1. The van der Waals surface area contributed by atoms with Crippen molar-refractivity contribution in [2.24, 2.45) is 11.7 Å². The number of aromatic amines is 1. The highest BCUT2D eigenvalue weighted by Gasteiger charge is 2.29. The first-order chi connectivity index (χ1) is 25.4. The fourth-order valence-electron chi connectivity index (χ4n) is 4.97. The first kappa shape index (κ1) is 47.2. The van der Waals surface area contributed by atoms with Gasteiger partial charge in [-0.1, -0.05) is 13.3 Å². The summed E-state index contributed by atoms with van der Waals surface area (Å²) in [6, 6.07) is -2.30. The maximum absolute atomic E-state index is 13.0. The Kier molecular flexibility index (Phi) is 26.4. The van der Waals surface area contributed by atoms with Crippen LogP contribution in [-0.4, -0.2) is 140 Å². The number of carboxylic acid groups (broad SMARTS) is 1. The van der Waals surface area contributed by atoms with E-state index in [0.717, 1.165) is 6.42 Å². The van der Waals surface area contributed by atoms with Crippen LogP contribution in [0.1, 0.15) is 77.3 Å². The lowest BCUT2D eigenvalue weighted by Crippen LogP contribution is -2.49. The molecule has 0 radical (unpaired) electrons. The Morgan fingerprint density at radius 3 is 2.08 bits per heavy atom. The van der Waals surface area contributed by atoms with Crippen molar-refractivity contribution >= 4 is 35.3 Å². The van der Waals surface area contributed by atoms with Crippen LogP contribution < -0.4 is 21.7 Å². The highest BCUT2D eigenvalue weighted by molar-refractivity contribution is 5.87. The maximum atomic E-state index is 13.0. The zero-order chi connectivity index (χ0) is 39.3. The van der Waals surface area contributed by atoms with E-state index in [4.69, 9.17) is 24.7 Å². The minimum atomic E-state index is -1.50. The number of hydrogen-bond donors (Lipinski definition) is 7. The van der Waals surface area contributed by atoms with Gasteiger partial charge in [-0.15, -0.1) is 0 Å². The second-order valence-electron chi connectivity index (χ2n) is 12.6. The average Bonchev–Trinajstić information content (AvgIpc) is 3.63. The van der Waals surface area contributed by atoms with Crippen LogP contribution in [-0.2, 0) is 54.1 Å². The number of imidazole rings is 1. The molecule has 0 aromatic carbocycles. The van der Waals surface area contributed by atoms with Crippen molar-refractivity contribution in [2.75, 3.05) is 65.9 Å². The molecule has 0 fully saturated rings. The third-order valence-electron chi connectivity index (χ3n) is 7.92. The minimum Gasteiger partial charge on any atom is -0.480 e. The summed E-state index contributed by atoms with van der Waals surface area (Å²) in [4.78, 5) is 79.3. The highest BCUT2D eigenvalue weighted by atomic mass is 16.5. The molecule has 18 heteroatoms. The molecule has 1 unspecified atom stereocenters. The number of ketones is 2. The van der Waals surface area contributed by atoms with Gasteiger partial charge in [0.15, 0.2) is 6.04 Å². The summed E-state index contributed by atoms with van der Waals surface area (Å²) in [7, 11) is 0. The van der Waals surface area contributed by atoms with Gasteiger partial charge in [-0.2, -0.15) is 0 Å². The molecule has 0 aliphatic heterocycles. The number of carbonyl (C=O) groups is 6. The van der Waals surface area contributed by atoms with E-state index in [-0.39, 0.29) is 88.8 Å². The fraction of sp³-hybridized carbons (Fsp3) is 0.743. The number of aliphatic carboxylic acids is 1. The third kappa shape index (κ3) is 24.2. The Balaban J connectivity index is 2.19. The normalized spacial score (nSPS) is 13.4. The molecule has 8 N–H and O–H groups in total. The van der Waals surface area contributed by atoms with Crippen LogP contribution in [0.4, 0.5) is 0 Å². The van der Waals surface area contributed by atoms with Crippen LogP contribution in [0.3, 0.4) is 0 Å². The monoisotopic (exact) mass is 756 g/mol. The van der Waals surface area contributed by atoms with Gasteiger partial charge in [0.05, 0.1) is 51.5 Å². The second-order valence-corrected chi connectivity index (χ2v) is 12.6. The van der Waals surface area contributed by atoms with Crippen molar-refractivity contribution in [3.63, 3.8) is 0 Å². The summed E-state index contributed by atoms with van der Waals surface area (Å²) in [5, 5.41) is 26.9. The molecule has 53 heavy (non-hydrogen) atoms. The van der Waals surface area contributed by atoms with E-state index < -0.39 is 36.0 Å². The summed E-state index contributed by atoms with van der Waals surface area (Å²) in [5.74, 6) is -3.32. The Labute approximate surface area is 311 Å². The van der Waals surface area contributed by atoms with Crippen LogP contribution in [0.2, 0.25) is 0 Å². The Bertz CT molecular complexity index is 1200. The number of carbonyl (C=O) groups excluding carboxylic acids is 5. The van der Waals surface area contributed by atoms with Gasteiger partial charge in [0, 0.05) is 63.2 Å². The number of Topliss-reactive ketones (excluding diaryl/α,β-unsaturated/α-hetero) is 2. The number of amides is 3. The summed E-state index contributed by atoms with van der Waals surface area (Å²) < 4.78 is 21.3. The van der Waals surface area contributed by atoms with Crippen LogP contribution in [0.25, 0.3) is 0 Å². The number of carboxylic acids is 1. The largest absolute Gasteiger partial charge is 0.480 e. The van der Waals surface area contributed by atoms with E-state index in [1.807, 2.05) is 6.92 Å². The van der Waals surface area contributed by atoms with Crippen molar-refractivity contribution < 1.29 is 57.9 Å². The highest BCUT2D eigenvalue weighted by Crippen LogP contribution is 2.17. The predicted octanol–water partition coefficient (Wildman–Crippen LogP) is -0.186. The zero-order valence-electron chi connectivity index (χ0n) is 31.1. The van der Waals surface area contributed by atoms with Crippen molar-refractivity contribution in [2.45, 2.75) is 96.2 Å². The lowest BCUT2D eigenvalue weighted by atomic mass is 9.92. The lowest BCUT2D eigenvalue weighted by Gasteiger charge is -2.22. The second kappa shape index (κ2) is 29.6. The number of H-pyrrole nitrogens is 1. The molecule has 0 aliphatic rings. The summed E-state index contributed by atoms with van der Waals surface area (Å²) >= 11 is 0. The fourth-order valence-corrected chi connectivity index (χ4v) is 4.97. The van der Waals surface area contributed by atoms with Crippen LogP contribution in [0.15, 0.2) is 12.5 Å². The van der Waals surface area contributed by atoms with Crippen LogP contribution in [0.5, 0.6) is 0 Å². The van der Waals surface area contributed by atoms with E-state index >= 15 is 0 Å². The number of hydrogen-bond acceptors (Lipinski definition) is 13. The number of aromatic nitrogens is 2. The van der Waals surface area contributed by atoms with Gasteiger partial charge >= 0.3 is 5.97 Å². The molecule has 0 saturated carbocycles. The molecule has 0 aliphatic carbocycles. The molecule has 4 atom stereocenters. The minimum absolute atomic E-state index is 0.00349. The van der Waals surface area contributed by atoms with E-state index in [1.165, 1.54) is 13.3 Å². The number of nitrogens with two attached hydrogens (primary N) is 1. The molecule has 1 heterocycles. The quantitative estimate of drug-likeness (QED) is 0.0450. The molecule has 18 nitrogen and oxygen atoms in total. The molecule has 3 amide bonds. The molecule has 1 rings (SSSR count). The van der Waals surface area contributed by atoms with Gasteiger partial charge in [0.1, 0.15) is 24.8 Å². The summed E-state index contributed by atoms with van der Waals surface area (Å²) in [5.41, 5.74) is 6.73. The van der Waals surface area contributed by atoms with E-state index in [2.05, 4.69) is 25.9 Å². The molecule has 302 valence electrons. The van der Waals surface area contributed by atoms with Gasteiger partial charge in [0.25, 0.3) is 0 Å². The molecular weight excluding hydrogens is 696 g/mol. The lowest BCUT2D eigenvalue weighted by molar-refractivity contribution is -0.145. The number of nitrogens with zero attached hydrogens (tertiary/aromatic N) is 1. The zero-order valence-corrected chi connectivity index (χ0v) is 31.1. The van der Waals surface area contributed by atoms with Crippen molar-refractivity contribution in [3.8, 4) is 0 Å². The van der Waals surface area contributed by atoms with Gasteiger partial charge < -0.3 is 55.8 Å². The number of unbranched alkanes of at least 4 members (excludes halogenated alkanes) is 1. The number of nitrogens with one attached hydrogen (secondary N) is 4. The summed E-state index contributed by atoms with van der Waals surface area (Å²) in [6.07, 6.45) is 6.09. The standard InChI is InChI=1S/C35H60N6O12/c1-3-7-28(43)9-6-14-50-16-18-52-23-32(46)39-13-15-51-17-19-53-22-31(45)38-12-5-4-8-26(34(47)41-33(25(2)42)35(48)49)10-11-30(44)29(36)20-27-21-37-24-40-27/h21,24-26,29,33,42H,3-20,22-23,36H2,1-2H3,(H,37,40)(H,38,45)(H,39,46)(H,41,47)(H,48,49)/t25-,26-,29+,33?/m1/s1. The predicted molar refractivity (Wildman–Crippen MR) is 192 cm³/mol. The molecule has 0 spiro atoms. The Morgan fingerprint density at radius 1 is 0.830 bits per heavy atom. The number of aliphatic hydroxyl groups excluding tert-OH is 1. The van der Waals surface area contributed by atoms with Gasteiger partial charge in [0.2, 0.25) is 17.7 Å². The molecule has 0 saturated heterocycles. The third-order valence-corrected chi connectivity index (χ3v) is 7.92. The Morgan fingerprint density at radius 2 is 1.47 bits per heavy atom. The first-order valence-electron chi connectivity index (χ1n) is 18.3. The van der Waals surface area contributed by atoms with E-state index in [9.17, 15) is 39.0 Å². The van der Waals surface area contributed by atoms with E-state index in [1.54, 1.807) is 6.20 Å². The van der Waals surface area contributed by atoms with Crippen LogP contribution >= 0.6 is 0 Å². The summed E-state index contributed by atoms with van der Waals surface area (Å²) in [6.45, 7) is 5.27. The SMILES string of the molecule is CCCC(=O)CCCOCCOCC(=O)NCCOCCOCC(=O)NCCCC[C@H](CCC(=O)[C@@H](N)Cc1cnc[nH]1)C(=O)NC(C(=O)O)[C@@H](C)O. The van der Waals surface area contributed by atoms with Gasteiger partial charge in [-0.25, -0.2) is 9.78 Å². The smallest absolute Gasteiger partial charge is 0.328 e. The molecule has 1 aromatic rings.